The minimum Gasteiger partial charge on any atom is -0.493 e. The summed E-state index contributed by atoms with van der Waals surface area (Å²) >= 11 is 0. The number of hydrogen-bond acceptors (Lipinski definition) is 5. The van der Waals surface area contributed by atoms with Gasteiger partial charge in [-0.1, -0.05) is 6.92 Å². The third-order valence-corrected chi connectivity index (χ3v) is 3.48. The fourth-order valence-corrected chi connectivity index (χ4v) is 1.88. The summed E-state index contributed by atoms with van der Waals surface area (Å²) in [6.45, 7) is 6.18. The Balaban J connectivity index is 2.80. The van der Waals surface area contributed by atoms with Crippen LogP contribution < -0.4 is 24.8 Å². The predicted octanol–water partition coefficient (Wildman–Crippen LogP) is 2.43. The average Bonchev–Trinajstić information content (AvgIpc) is 2.51. The predicted molar refractivity (Wildman–Crippen MR) is 87.1 cm³/mol. The van der Waals surface area contributed by atoms with E-state index in [0.29, 0.717) is 17.2 Å². The second-order valence-corrected chi connectivity index (χ2v) is 5.55. The molecule has 1 aromatic rings. The highest BCUT2D eigenvalue weighted by Gasteiger charge is 2.18. The Hall–Kier alpha value is -2.11. The molecule has 124 valence electrons. The van der Waals surface area contributed by atoms with Crippen LogP contribution in [0.25, 0.3) is 0 Å². The maximum absolute atomic E-state index is 12.0. The highest BCUT2D eigenvalue weighted by molar-refractivity contribution is 5.81. The van der Waals surface area contributed by atoms with E-state index in [4.69, 9.17) is 14.2 Å². The first-order valence-electron chi connectivity index (χ1n) is 7.21. The largest absolute Gasteiger partial charge is 0.493 e. The van der Waals surface area contributed by atoms with Crippen molar-refractivity contribution in [1.82, 2.24) is 5.32 Å². The zero-order chi connectivity index (χ0) is 16.8. The van der Waals surface area contributed by atoms with Gasteiger partial charge in [0.2, 0.25) is 11.7 Å². The SMILES string of the molecule is CCC(C)(C)NC(=O)CNc1cc(OC)c(OC)c(OC)c1. The van der Waals surface area contributed by atoms with E-state index in [9.17, 15) is 4.79 Å². The van der Waals surface area contributed by atoms with Gasteiger partial charge >= 0.3 is 0 Å². The Morgan fingerprint density at radius 1 is 1.09 bits per heavy atom. The lowest BCUT2D eigenvalue weighted by Gasteiger charge is -2.24. The summed E-state index contributed by atoms with van der Waals surface area (Å²) in [7, 11) is 4.66. The Kier molecular flexibility index (Phi) is 6.34. The smallest absolute Gasteiger partial charge is 0.239 e. The fraction of sp³-hybridized carbons (Fsp3) is 0.562. The van der Waals surface area contributed by atoms with Crippen LogP contribution in [0.3, 0.4) is 0 Å². The molecule has 0 aromatic heterocycles. The maximum atomic E-state index is 12.0. The summed E-state index contributed by atoms with van der Waals surface area (Å²) in [5, 5.41) is 6.03. The lowest BCUT2D eigenvalue weighted by atomic mass is 10.0. The van der Waals surface area contributed by atoms with Gasteiger partial charge in [0, 0.05) is 23.4 Å². The molecule has 0 unspecified atom stereocenters. The number of anilines is 1. The summed E-state index contributed by atoms with van der Waals surface area (Å²) in [6, 6.07) is 3.53. The van der Waals surface area contributed by atoms with E-state index >= 15 is 0 Å². The van der Waals surface area contributed by atoms with Crippen molar-refractivity contribution in [2.24, 2.45) is 0 Å². The molecule has 0 aliphatic rings. The Morgan fingerprint density at radius 2 is 1.64 bits per heavy atom. The number of amides is 1. The van der Waals surface area contributed by atoms with Crippen LogP contribution in [0.4, 0.5) is 5.69 Å². The number of methoxy groups -OCH3 is 3. The van der Waals surface area contributed by atoms with Gasteiger partial charge in [-0.15, -0.1) is 0 Å². The molecule has 22 heavy (non-hydrogen) atoms. The van der Waals surface area contributed by atoms with Gasteiger partial charge in [0.1, 0.15) is 0 Å². The molecular weight excluding hydrogens is 284 g/mol. The Morgan fingerprint density at radius 3 is 2.05 bits per heavy atom. The van der Waals surface area contributed by atoms with Crippen molar-refractivity contribution in [2.45, 2.75) is 32.7 Å². The molecule has 0 radical (unpaired) electrons. The highest BCUT2D eigenvalue weighted by atomic mass is 16.5. The molecule has 0 heterocycles. The second kappa shape index (κ2) is 7.77. The lowest BCUT2D eigenvalue weighted by molar-refractivity contribution is -0.121. The van der Waals surface area contributed by atoms with Gasteiger partial charge in [-0.25, -0.2) is 0 Å². The molecule has 1 aromatic carbocycles. The van der Waals surface area contributed by atoms with Crippen molar-refractivity contribution < 1.29 is 19.0 Å². The molecule has 1 rings (SSSR count). The monoisotopic (exact) mass is 310 g/mol. The number of nitrogens with one attached hydrogen (secondary N) is 2. The highest BCUT2D eigenvalue weighted by Crippen LogP contribution is 2.39. The Bertz CT molecular complexity index is 490. The summed E-state index contributed by atoms with van der Waals surface area (Å²) < 4.78 is 15.8. The molecule has 0 aliphatic carbocycles. The van der Waals surface area contributed by atoms with Crippen molar-refractivity contribution in [3.63, 3.8) is 0 Å². The lowest BCUT2D eigenvalue weighted by Crippen LogP contribution is -2.45. The zero-order valence-electron chi connectivity index (χ0n) is 14.2. The van der Waals surface area contributed by atoms with E-state index in [1.165, 1.54) is 0 Å². The van der Waals surface area contributed by atoms with Crippen molar-refractivity contribution >= 4 is 11.6 Å². The molecule has 0 saturated heterocycles. The van der Waals surface area contributed by atoms with Crippen LogP contribution in [0.15, 0.2) is 12.1 Å². The summed E-state index contributed by atoms with van der Waals surface area (Å²) in [5.41, 5.74) is 0.507. The van der Waals surface area contributed by atoms with Gasteiger partial charge in [0.05, 0.1) is 27.9 Å². The van der Waals surface area contributed by atoms with Gasteiger partial charge in [-0.05, 0) is 20.3 Å². The number of carbonyl (C=O) groups is 1. The van der Waals surface area contributed by atoms with Crippen molar-refractivity contribution in [2.75, 3.05) is 33.2 Å². The van der Waals surface area contributed by atoms with E-state index in [1.807, 2.05) is 20.8 Å². The van der Waals surface area contributed by atoms with Crippen LogP contribution in [0.2, 0.25) is 0 Å². The zero-order valence-corrected chi connectivity index (χ0v) is 14.2. The van der Waals surface area contributed by atoms with E-state index < -0.39 is 0 Å². The van der Waals surface area contributed by atoms with E-state index in [2.05, 4.69) is 10.6 Å². The van der Waals surface area contributed by atoms with Crippen molar-refractivity contribution in [1.29, 1.82) is 0 Å². The third-order valence-electron chi connectivity index (χ3n) is 3.48. The van der Waals surface area contributed by atoms with Crippen LogP contribution in [0, 0.1) is 0 Å². The first kappa shape index (κ1) is 17.9. The standard InChI is InChI=1S/C16H26N2O4/c1-7-16(2,3)18-14(19)10-17-11-8-12(20-4)15(22-6)13(9-11)21-5/h8-9,17H,7,10H2,1-6H3,(H,18,19). The van der Waals surface area contributed by atoms with Crippen molar-refractivity contribution in [3.8, 4) is 17.2 Å². The minimum atomic E-state index is -0.214. The van der Waals surface area contributed by atoms with Gasteiger partial charge in [0.15, 0.2) is 11.5 Å². The number of benzene rings is 1. The molecule has 6 nitrogen and oxygen atoms in total. The van der Waals surface area contributed by atoms with Crippen LogP contribution in [0.1, 0.15) is 27.2 Å². The first-order chi connectivity index (χ1) is 10.4. The van der Waals surface area contributed by atoms with E-state index in [0.717, 1.165) is 12.1 Å². The van der Waals surface area contributed by atoms with Gasteiger partial charge in [-0.3, -0.25) is 4.79 Å². The molecule has 0 saturated carbocycles. The molecule has 2 N–H and O–H groups in total. The number of ether oxygens (including phenoxy) is 3. The van der Waals surface area contributed by atoms with Crippen molar-refractivity contribution in [3.05, 3.63) is 12.1 Å². The first-order valence-corrected chi connectivity index (χ1v) is 7.21. The van der Waals surface area contributed by atoms with Crippen LogP contribution in [0.5, 0.6) is 17.2 Å². The van der Waals surface area contributed by atoms with Crippen LogP contribution in [-0.2, 0) is 4.79 Å². The molecule has 0 bridgehead atoms. The quantitative estimate of drug-likeness (QED) is 0.772. The minimum absolute atomic E-state index is 0.0689. The van der Waals surface area contributed by atoms with Gasteiger partial charge in [-0.2, -0.15) is 0 Å². The second-order valence-electron chi connectivity index (χ2n) is 5.55. The molecule has 1 amide bonds. The van der Waals surface area contributed by atoms with Gasteiger partial charge in [0.25, 0.3) is 0 Å². The number of rotatable bonds is 8. The molecule has 0 aliphatic heterocycles. The van der Waals surface area contributed by atoms with E-state index in [-0.39, 0.29) is 18.0 Å². The maximum Gasteiger partial charge on any atom is 0.239 e. The fourth-order valence-electron chi connectivity index (χ4n) is 1.88. The number of carbonyl (C=O) groups excluding carboxylic acids is 1. The number of hydrogen-bond donors (Lipinski definition) is 2. The molecule has 0 spiro atoms. The molecular formula is C16H26N2O4. The summed E-state index contributed by atoms with van der Waals surface area (Å²) in [4.78, 5) is 12.0. The Labute approximate surface area is 132 Å². The topological polar surface area (TPSA) is 68.8 Å². The van der Waals surface area contributed by atoms with E-state index in [1.54, 1.807) is 33.5 Å². The summed E-state index contributed by atoms with van der Waals surface area (Å²) in [6.07, 6.45) is 0.864. The third kappa shape index (κ3) is 4.72. The summed E-state index contributed by atoms with van der Waals surface area (Å²) in [5.74, 6) is 1.53. The molecule has 0 fully saturated rings. The van der Waals surface area contributed by atoms with Crippen LogP contribution in [-0.4, -0.2) is 39.3 Å². The molecule has 6 heteroatoms. The van der Waals surface area contributed by atoms with Gasteiger partial charge < -0.3 is 24.8 Å². The van der Waals surface area contributed by atoms with Crippen LogP contribution >= 0.6 is 0 Å². The average molecular weight is 310 g/mol. The molecule has 0 atom stereocenters. The normalized spacial score (nSPS) is 10.8.